The Hall–Kier alpha value is -1.74. The smallest absolute Gasteiger partial charge is 0.289 e. The van der Waals surface area contributed by atoms with Crippen LogP contribution < -0.4 is 10.7 Å². The molecule has 2 N–H and O–H groups in total. The minimum Gasteiger partial charge on any atom is -0.364 e. The van der Waals surface area contributed by atoms with Crippen LogP contribution in [0.2, 0.25) is 0 Å². The molecule has 7 nitrogen and oxygen atoms in total. The summed E-state index contributed by atoms with van der Waals surface area (Å²) in [4.78, 5) is 31.9. The fourth-order valence-corrected chi connectivity index (χ4v) is 5.37. The van der Waals surface area contributed by atoms with Crippen LogP contribution in [0.3, 0.4) is 0 Å². The van der Waals surface area contributed by atoms with Crippen LogP contribution in [-0.2, 0) is 4.79 Å². The van der Waals surface area contributed by atoms with Crippen molar-refractivity contribution in [3.05, 3.63) is 16.1 Å². The zero-order valence-corrected chi connectivity index (χ0v) is 19.7. The standard InChI is InChI=1S/C20H31N5O2S2/c1-19(2)14(20(19,3)4)17(27)25-9-7-12(8-10-25)16-22-13(11-29-16)15(26)23-24(6)18(28)21-5/h11-12,14H,7-10H2,1-6H3,(H,21,28)(H,23,26). The lowest BCUT2D eigenvalue weighted by Gasteiger charge is -2.32. The molecule has 2 aliphatic rings. The molecule has 0 spiro atoms. The lowest BCUT2D eigenvalue weighted by Crippen LogP contribution is -2.47. The predicted molar refractivity (Wildman–Crippen MR) is 119 cm³/mol. The molecule has 0 radical (unpaired) electrons. The summed E-state index contributed by atoms with van der Waals surface area (Å²) in [5.41, 5.74) is 3.24. The first-order valence-corrected chi connectivity index (χ1v) is 11.3. The summed E-state index contributed by atoms with van der Waals surface area (Å²) in [6.45, 7) is 10.3. The van der Waals surface area contributed by atoms with E-state index in [1.807, 2.05) is 4.90 Å². The maximum absolute atomic E-state index is 13.0. The summed E-state index contributed by atoms with van der Waals surface area (Å²) < 4.78 is 0. The van der Waals surface area contributed by atoms with Gasteiger partial charge in [0.1, 0.15) is 5.69 Å². The van der Waals surface area contributed by atoms with E-state index in [1.165, 1.54) is 16.3 Å². The van der Waals surface area contributed by atoms with Crippen molar-refractivity contribution in [2.45, 2.75) is 46.5 Å². The summed E-state index contributed by atoms with van der Waals surface area (Å²) in [5, 5.41) is 7.44. The molecular weight excluding hydrogens is 406 g/mol. The molecule has 160 valence electrons. The summed E-state index contributed by atoms with van der Waals surface area (Å²) in [6, 6.07) is 0. The molecule has 2 fully saturated rings. The van der Waals surface area contributed by atoms with Gasteiger partial charge in [-0.15, -0.1) is 11.3 Å². The molecule has 0 bridgehead atoms. The summed E-state index contributed by atoms with van der Waals surface area (Å²) >= 11 is 6.60. The van der Waals surface area contributed by atoms with Gasteiger partial charge in [-0.05, 0) is 35.9 Å². The Balaban J connectivity index is 1.55. The van der Waals surface area contributed by atoms with E-state index in [0.717, 1.165) is 30.9 Å². The highest BCUT2D eigenvalue weighted by Crippen LogP contribution is 2.68. The van der Waals surface area contributed by atoms with Gasteiger partial charge in [-0.1, -0.05) is 27.7 Å². The van der Waals surface area contributed by atoms with Crippen LogP contribution in [0, 0.1) is 16.7 Å². The van der Waals surface area contributed by atoms with Crippen LogP contribution in [0.25, 0.3) is 0 Å². The van der Waals surface area contributed by atoms with Gasteiger partial charge < -0.3 is 10.2 Å². The van der Waals surface area contributed by atoms with Crippen LogP contribution in [0.1, 0.15) is 62.0 Å². The van der Waals surface area contributed by atoms with Crippen molar-refractivity contribution in [3.8, 4) is 0 Å². The fraction of sp³-hybridized carbons (Fsp3) is 0.700. The molecule has 9 heteroatoms. The second-order valence-electron chi connectivity index (χ2n) is 9.10. The number of carbonyl (C=O) groups excluding carboxylic acids is 2. The van der Waals surface area contributed by atoms with Crippen LogP contribution in [0.4, 0.5) is 0 Å². The van der Waals surface area contributed by atoms with Gasteiger partial charge in [0.15, 0.2) is 5.11 Å². The maximum atomic E-state index is 13.0. The minimum absolute atomic E-state index is 0.0707. The highest BCUT2D eigenvalue weighted by atomic mass is 32.1. The van der Waals surface area contributed by atoms with Gasteiger partial charge in [-0.25, -0.2) is 4.98 Å². The van der Waals surface area contributed by atoms with Crippen LogP contribution in [-0.4, -0.2) is 59.0 Å². The fourth-order valence-electron chi connectivity index (χ4n) is 4.35. The number of hydrazine groups is 1. The molecule has 0 aromatic carbocycles. The topological polar surface area (TPSA) is 77.6 Å². The molecule has 3 rings (SSSR count). The Morgan fingerprint density at radius 1 is 1.24 bits per heavy atom. The quantitative estimate of drug-likeness (QED) is 0.559. The first-order chi connectivity index (χ1) is 13.5. The Morgan fingerprint density at radius 3 is 2.34 bits per heavy atom. The Kier molecular flexibility index (Phi) is 5.93. The molecule has 2 amide bonds. The molecule has 1 aliphatic carbocycles. The number of likely N-dealkylation sites (tertiary alicyclic amines) is 1. The highest BCUT2D eigenvalue weighted by molar-refractivity contribution is 7.80. The second-order valence-corrected chi connectivity index (χ2v) is 10.4. The molecular formula is C20H31N5O2S2. The lowest BCUT2D eigenvalue weighted by atomic mass is 9.96. The predicted octanol–water partition coefficient (Wildman–Crippen LogP) is 2.61. The van der Waals surface area contributed by atoms with E-state index in [9.17, 15) is 9.59 Å². The molecule has 1 aromatic heterocycles. The number of thiazole rings is 1. The Labute approximate surface area is 182 Å². The molecule has 0 unspecified atom stereocenters. The average Bonchev–Trinajstić information content (AvgIpc) is 3.01. The van der Waals surface area contributed by atoms with Crippen molar-refractivity contribution in [2.75, 3.05) is 27.2 Å². The first kappa shape index (κ1) is 22.0. The first-order valence-electron chi connectivity index (χ1n) is 10.0. The molecule has 29 heavy (non-hydrogen) atoms. The Morgan fingerprint density at radius 2 is 1.83 bits per heavy atom. The third-order valence-corrected chi connectivity index (χ3v) is 8.45. The normalized spacial score (nSPS) is 20.8. The van der Waals surface area contributed by atoms with E-state index in [4.69, 9.17) is 12.2 Å². The summed E-state index contributed by atoms with van der Waals surface area (Å²) in [7, 11) is 3.38. The SMILES string of the molecule is CNC(=S)N(C)NC(=O)c1csc(C2CCN(C(=O)C3C(C)(C)C3(C)C)CC2)n1. The number of aromatic nitrogens is 1. The van der Waals surface area contributed by atoms with Crippen molar-refractivity contribution in [1.29, 1.82) is 0 Å². The molecule has 1 aliphatic heterocycles. The number of hydrogen-bond acceptors (Lipinski definition) is 5. The van der Waals surface area contributed by atoms with E-state index in [1.54, 1.807) is 19.5 Å². The van der Waals surface area contributed by atoms with E-state index in [2.05, 4.69) is 43.4 Å². The van der Waals surface area contributed by atoms with Crippen molar-refractivity contribution in [3.63, 3.8) is 0 Å². The molecule has 1 aromatic rings. The number of thiocarbonyl (C=S) groups is 1. The van der Waals surface area contributed by atoms with Gasteiger partial charge in [-0.3, -0.25) is 20.0 Å². The zero-order chi connectivity index (χ0) is 21.6. The van der Waals surface area contributed by atoms with Gasteiger partial charge in [0.25, 0.3) is 5.91 Å². The number of piperidine rings is 1. The lowest BCUT2D eigenvalue weighted by molar-refractivity contribution is -0.134. The number of rotatable bonds is 3. The third-order valence-electron chi connectivity index (χ3n) is 6.97. The number of nitrogens with zero attached hydrogens (tertiary/aromatic N) is 3. The van der Waals surface area contributed by atoms with Gasteiger partial charge in [0.05, 0.1) is 5.01 Å². The van der Waals surface area contributed by atoms with Gasteiger partial charge in [0.2, 0.25) is 5.91 Å². The highest BCUT2D eigenvalue weighted by Gasteiger charge is 2.68. The van der Waals surface area contributed by atoms with Crippen molar-refractivity contribution < 1.29 is 9.59 Å². The van der Waals surface area contributed by atoms with Crippen molar-refractivity contribution >= 4 is 40.5 Å². The zero-order valence-electron chi connectivity index (χ0n) is 18.0. The summed E-state index contributed by atoms with van der Waals surface area (Å²) in [6.07, 6.45) is 1.77. The minimum atomic E-state index is -0.279. The maximum Gasteiger partial charge on any atom is 0.289 e. The van der Waals surface area contributed by atoms with Gasteiger partial charge in [0, 0.05) is 44.4 Å². The van der Waals surface area contributed by atoms with Gasteiger partial charge in [-0.2, -0.15) is 0 Å². The van der Waals surface area contributed by atoms with Crippen molar-refractivity contribution in [2.24, 2.45) is 16.7 Å². The second kappa shape index (κ2) is 7.83. The van der Waals surface area contributed by atoms with Crippen molar-refractivity contribution in [1.82, 2.24) is 25.6 Å². The molecule has 1 saturated heterocycles. The molecule has 0 atom stereocenters. The number of amides is 2. The summed E-state index contributed by atoms with van der Waals surface area (Å²) in [5.74, 6) is 0.420. The van der Waals surface area contributed by atoms with E-state index >= 15 is 0 Å². The van der Waals surface area contributed by atoms with Crippen LogP contribution in [0.5, 0.6) is 0 Å². The number of carbonyl (C=O) groups is 2. The largest absolute Gasteiger partial charge is 0.364 e. The van der Waals surface area contributed by atoms with E-state index in [0.29, 0.717) is 22.6 Å². The van der Waals surface area contributed by atoms with Gasteiger partial charge >= 0.3 is 0 Å². The Bertz CT molecular complexity index is 798. The number of hydrogen-bond donors (Lipinski definition) is 2. The third kappa shape index (κ3) is 3.99. The molecule has 2 heterocycles. The van der Waals surface area contributed by atoms with Crippen LogP contribution in [0.15, 0.2) is 5.38 Å². The van der Waals surface area contributed by atoms with E-state index in [-0.39, 0.29) is 22.7 Å². The number of nitrogens with one attached hydrogen (secondary N) is 2. The van der Waals surface area contributed by atoms with Crippen LogP contribution >= 0.6 is 23.6 Å². The average molecular weight is 438 g/mol. The monoisotopic (exact) mass is 437 g/mol. The van der Waals surface area contributed by atoms with E-state index < -0.39 is 0 Å². The molecule has 1 saturated carbocycles.